The molecule has 4 aromatic carbocycles. The molecule has 2 fully saturated rings. The van der Waals surface area contributed by atoms with Gasteiger partial charge < -0.3 is 14.6 Å². The van der Waals surface area contributed by atoms with E-state index in [1.54, 1.807) is 30.8 Å². The fraction of sp³-hybridized carbons (Fsp3) is 0.357. The summed E-state index contributed by atoms with van der Waals surface area (Å²) in [4.78, 5) is 0. The Morgan fingerprint density at radius 3 is 1.58 bits per heavy atom. The summed E-state index contributed by atoms with van der Waals surface area (Å²) in [5, 5.41) is 28.8. The first-order valence-electron chi connectivity index (χ1n) is 24.6. The summed E-state index contributed by atoms with van der Waals surface area (Å²) in [6.45, 7) is 9.55. The molecule has 3 atom stereocenters. The average molecular weight is 1010 g/mol. The first-order valence-corrected chi connectivity index (χ1v) is 24.6. The van der Waals surface area contributed by atoms with Crippen LogP contribution in [0.1, 0.15) is 138 Å². The van der Waals surface area contributed by atoms with E-state index in [0.717, 1.165) is 48.3 Å². The molecule has 4 aromatic heterocycles. The molecule has 0 amide bonds. The van der Waals surface area contributed by atoms with Gasteiger partial charge >= 0.3 is 0 Å². The van der Waals surface area contributed by atoms with Gasteiger partial charge in [-0.25, -0.2) is 35.7 Å². The van der Waals surface area contributed by atoms with Crippen molar-refractivity contribution in [2.45, 2.75) is 117 Å². The lowest BCUT2D eigenvalue weighted by Crippen LogP contribution is -2.13. The maximum atomic E-state index is 14.3. The Kier molecular flexibility index (Phi) is 15.8. The van der Waals surface area contributed by atoms with Crippen molar-refractivity contribution in [2.75, 3.05) is 0 Å². The van der Waals surface area contributed by atoms with Crippen LogP contribution in [0.15, 0.2) is 122 Å². The van der Waals surface area contributed by atoms with E-state index in [9.17, 15) is 31.4 Å². The monoisotopic (exact) mass is 1000 g/mol. The molecule has 2 saturated carbocycles. The molecule has 1 unspecified atom stereocenters. The van der Waals surface area contributed by atoms with E-state index in [4.69, 9.17) is 9.47 Å². The number of aromatic nitrogens is 8. The van der Waals surface area contributed by atoms with E-state index >= 15 is 0 Å². The molecule has 382 valence electrons. The van der Waals surface area contributed by atoms with Crippen LogP contribution in [0, 0.1) is 37.3 Å². The van der Waals surface area contributed by atoms with Gasteiger partial charge in [-0.1, -0.05) is 60.7 Å². The first kappa shape index (κ1) is 51.1. The van der Waals surface area contributed by atoms with Crippen LogP contribution < -0.4 is 0 Å². The number of nitrogens with zero attached hydrogens (tertiary/aromatic N) is 8. The molecule has 17 heteroatoms. The minimum absolute atomic E-state index is 0.146. The molecule has 2 aliphatic rings. The lowest BCUT2D eigenvalue weighted by molar-refractivity contribution is 0.0521. The summed E-state index contributed by atoms with van der Waals surface area (Å²) >= 11 is 0. The summed E-state index contributed by atoms with van der Waals surface area (Å²) in [5.41, 5.74) is 6.64. The van der Waals surface area contributed by atoms with Crippen LogP contribution in [0.5, 0.6) is 0 Å². The van der Waals surface area contributed by atoms with Crippen molar-refractivity contribution in [1.82, 2.24) is 39.1 Å². The van der Waals surface area contributed by atoms with Gasteiger partial charge in [-0.2, -0.15) is 20.4 Å². The number of hydrogen-bond donors (Lipinski definition) is 1. The lowest BCUT2D eigenvalue weighted by Gasteiger charge is -2.20. The van der Waals surface area contributed by atoms with Crippen LogP contribution in [-0.4, -0.2) is 44.2 Å². The Hall–Kier alpha value is -6.82. The van der Waals surface area contributed by atoms with Crippen molar-refractivity contribution in [1.29, 1.82) is 0 Å². The number of hydrogen-bond acceptors (Lipinski definition) is 7. The molecule has 2 aliphatic carbocycles. The Morgan fingerprint density at radius 1 is 0.575 bits per heavy atom. The lowest BCUT2D eigenvalue weighted by atomic mass is 10.0. The van der Waals surface area contributed by atoms with Crippen molar-refractivity contribution in [3.63, 3.8) is 0 Å². The molecule has 8 aromatic rings. The van der Waals surface area contributed by atoms with Gasteiger partial charge in [0.05, 0.1) is 53.9 Å². The third-order valence-corrected chi connectivity index (χ3v) is 13.3. The second-order valence-electron chi connectivity index (χ2n) is 19.1. The van der Waals surface area contributed by atoms with Gasteiger partial charge in [-0.3, -0.25) is 9.36 Å². The highest BCUT2D eigenvalue weighted by Gasteiger charge is 2.29. The minimum Gasteiger partial charge on any atom is -0.382 e. The minimum atomic E-state index is -2.85. The number of aliphatic hydroxyl groups is 1. The second kappa shape index (κ2) is 22.5. The fourth-order valence-electron chi connectivity index (χ4n) is 8.85. The highest BCUT2D eigenvalue weighted by Crippen LogP contribution is 2.36. The van der Waals surface area contributed by atoms with E-state index in [2.05, 4.69) is 20.4 Å². The van der Waals surface area contributed by atoms with Gasteiger partial charge in [0.1, 0.15) is 29.1 Å². The number of benzene rings is 4. The molecule has 73 heavy (non-hydrogen) atoms. The van der Waals surface area contributed by atoms with Crippen LogP contribution in [-0.2, 0) is 42.2 Å². The summed E-state index contributed by atoms with van der Waals surface area (Å²) in [5.74, 6) is 0.338. The number of aliphatic hydroxyl groups excluding tert-OH is 1. The molecule has 4 heterocycles. The summed E-state index contributed by atoms with van der Waals surface area (Å²) in [6, 6.07) is 30.1. The van der Waals surface area contributed by atoms with Gasteiger partial charge in [-0.05, 0) is 130 Å². The van der Waals surface area contributed by atoms with Crippen molar-refractivity contribution < 1.29 is 40.9 Å². The van der Waals surface area contributed by atoms with Crippen molar-refractivity contribution >= 4 is 0 Å². The van der Waals surface area contributed by atoms with Gasteiger partial charge in [0.15, 0.2) is 0 Å². The maximum Gasteiger partial charge on any atom is 0.282 e. The van der Waals surface area contributed by atoms with Gasteiger partial charge in [0, 0.05) is 54.3 Å². The Bertz CT molecular complexity index is 3110. The Labute approximate surface area is 420 Å². The average Bonchev–Trinajstić information content (AvgIpc) is 4.20. The predicted molar refractivity (Wildman–Crippen MR) is 262 cm³/mol. The van der Waals surface area contributed by atoms with Crippen LogP contribution in [0.4, 0.5) is 26.3 Å². The summed E-state index contributed by atoms with van der Waals surface area (Å²) < 4.78 is 102. The van der Waals surface area contributed by atoms with Gasteiger partial charge in [0.2, 0.25) is 0 Å². The van der Waals surface area contributed by atoms with Crippen LogP contribution >= 0.6 is 0 Å². The van der Waals surface area contributed by atoms with Crippen LogP contribution in [0.25, 0.3) is 11.4 Å². The number of halogens is 6. The molecule has 1 N–H and O–H groups in total. The van der Waals surface area contributed by atoms with Gasteiger partial charge in [-0.15, -0.1) is 0 Å². The highest BCUT2D eigenvalue weighted by molar-refractivity contribution is 5.46. The number of rotatable bonds is 20. The van der Waals surface area contributed by atoms with Crippen molar-refractivity contribution in [3.05, 3.63) is 201 Å². The van der Waals surface area contributed by atoms with E-state index in [-0.39, 0.29) is 18.0 Å². The van der Waals surface area contributed by atoms with Crippen molar-refractivity contribution in [3.8, 4) is 11.4 Å². The SMILES string of the molecule is Cc1nn(CC2CC2)cc1C(O)c1cc(C(F)F)nn1-c1ccc(F)cc1[C@@H](C)OCc1ccccc1.Cc1nn(CC2CC2)cc1Cc1cc(C(F)F)nn1-c1ccc(F)cc1[C@@H](C)OCc1ccccc1. The second-order valence-corrected chi connectivity index (χ2v) is 19.1. The Morgan fingerprint density at radius 2 is 1.05 bits per heavy atom. The summed E-state index contributed by atoms with van der Waals surface area (Å²) in [6.07, 6.45) is 0.966. The maximum absolute atomic E-state index is 14.3. The molecular weight excluding hydrogens is 947 g/mol. The zero-order valence-electron chi connectivity index (χ0n) is 41.1. The quantitative estimate of drug-likeness (QED) is 0.0757. The Balaban J connectivity index is 0.000000180. The molecule has 0 aliphatic heterocycles. The van der Waals surface area contributed by atoms with E-state index < -0.39 is 48.5 Å². The third-order valence-electron chi connectivity index (χ3n) is 13.3. The largest absolute Gasteiger partial charge is 0.382 e. The molecule has 0 spiro atoms. The normalized spacial score (nSPS) is 14.9. The zero-order valence-corrected chi connectivity index (χ0v) is 41.1. The number of alkyl halides is 4. The molecular formula is C56H58F6N8O3. The molecule has 0 bridgehead atoms. The number of aryl methyl sites for hydroxylation is 2. The van der Waals surface area contributed by atoms with Crippen LogP contribution in [0.3, 0.4) is 0 Å². The standard InChI is InChI=1S/C28H29F3N4O2.C28H29F3N4O/c1-17-23(15-34(32-17)14-19-8-9-19)27(36)26-13-24(28(30)31)33-35(26)25-11-10-21(29)12-22(25)18(2)37-16-20-6-4-3-5-7-20;1-18-22(16-34(32-18)15-20-8-9-20)12-24-14-26(28(30)31)33-35(24)27-11-10-23(29)13-25(27)19(2)36-17-21-6-4-3-5-7-21/h3-7,10-13,15,18-19,27-28,36H,8-9,14,16H2,1-2H3;3-7,10-11,13-14,16,19-20,28H,8-9,12,15,17H2,1-2H3/t18-,27?;19-/m11/s1. The van der Waals surface area contributed by atoms with E-state index in [0.29, 0.717) is 64.3 Å². The van der Waals surface area contributed by atoms with Gasteiger partial charge in [0.25, 0.3) is 12.9 Å². The highest BCUT2D eigenvalue weighted by atomic mass is 19.3. The van der Waals surface area contributed by atoms with E-state index in [1.807, 2.05) is 85.4 Å². The summed E-state index contributed by atoms with van der Waals surface area (Å²) in [7, 11) is 0. The first-order chi connectivity index (χ1) is 35.2. The van der Waals surface area contributed by atoms with Crippen molar-refractivity contribution in [2.24, 2.45) is 11.8 Å². The fourth-order valence-corrected chi connectivity index (χ4v) is 8.85. The molecule has 0 radical (unpaired) electrons. The molecule has 10 rings (SSSR count). The van der Waals surface area contributed by atoms with Crippen LogP contribution in [0.2, 0.25) is 0 Å². The topological polar surface area (TPSA) is 110 Å². The smallest absolute Gasteiger partial charge is 0.282 e. The third kappa shape index (κ3) is 12.7. The predicted octanol–water partition coefficient (Wildman–Crippen LogP) is 13.0. The molecule has 0 saturated heterocycles. The molecule has 11 nitrogen and oxygen atoms in total. The number of ether oxygens (including phenoxy) is 2. The van der Waals surface area contributed by atoms with E-state index in [1.165, 1.54) is 64.7 Å². The zero-order chi connectivity index (χ0) is 51.3.